The maximum absolute atomic E-state index is 12.7. The van der Waals surface area contributed by atoms with Crippen molar-refractivity contribution in [3.05, 3.63) is 30.1 Å². The quantitative estimate of drug-likeness (QED) is 0.784. The second-order valence-electron chi connectivity index (χ2n) is 3.62. The van der Waals surface area contributed by atoms with Gasteiger partial charge in [-0.15, -0.1) is 0 Å². The number of carbonyl (C=O) groups is 1. The van der Waals surface area contributed by atoms with E-state index in [2.05, 4.69) is 12.2 Å². The van der Waals surface area contributed by atoms with Gasteiger partial charge in [0.2, 0.25) is 0 Å². The Morgan fingerprint density at radius 3 is 2.56 bits per heavy atom. The number of anilines is 1. The SMILES string of the molecule is CCCCNC(=O)N(C)c1ccc(F)cc1. The molecule has 1 N–H and O–H groups in total. The molecule has 0 saturated carbocycles. The number of rotatable bonds is 4. The van der Waals surface area contributed by atoms with Crippen LogP contribution in [0.4, 0.5) is 14.9 Å². The van der Waals surface area contributed by atoms with Gasteiger partial charge in [0, 0.05) is 19.3 Å². The van der Waals surface area contributed by atoms with Crippen molar-refractivity contribution in [2.75, 3.05) is 18.5 Å². The van der Waals surface area contributed by atoms with Crippen molar-refractivity contribution in [2.45, 2.75) is 19.8 Å². The van der Waals surface area contributed by atoms with Gasteiger partial charge < -0.3 is 5.32 Å². The molecular formula is C12H17FN2O. The van der Waals surface area contributed by atoms with Crippen molar-refractivity contribution in [2.24, 2.45) is 0 Å². The molecule has 2 amide bonds. The normalized spacial score (nSPS) is 9.94. The largest absolute Gasteiger partial charge is 0.338 e. The standard InChI is InChI=1S/C12H17FN2O/c1-3-4-9-14-12(16)15(2)11-7-5-10(13)6-8-11/h5-8H,3-4,9H2,1-2H3,(H,14,16). The van der Waals surface area contributed by atoms with E-state index >= 15 is 0 Å². The third-order valence-corrected chi connectivity index (χ3v) is 2.33. The van der Waals surface area contributed by atoms with E-state index in [1.54, 1.807) is 19.2 Å². The van der Waals surface area contributed by atoms with Crippen molar-refractivity contribution < 1.29 is 9.18 Å². The van der Waals surface area contributed by atoms with Crippen molar-refractivity contribution in [1.29, 1.82) is 0 Å². The molecule has 1 rings (SSSR count). The predicted molar refractivity (Wildman–Crippen MR) is 63.1 cm³/mol. The molecule has 3 nitrogen and oxygen atoms in total. The molecule has 16 heavy (non-hydrogen) atoms. The Morgan fingerprint density at radius 2 is 2.00 bits per heavy atom. The molecule has 88 valence electrons. The number of amides is 2. The van der Waals surface area contributed by atoms with Crippen LogP contribution in [-0.4, -0.2) is 19.6 Å². The summed E-state index contributed by atoms with van der Waals surface area (Å²) in [6.45, 7) is 2.73. The highest BCUT2D eigenvalue weighted by molar-refractivity contribution is 5.91. The molecule has 0 spiro atoms. The molecule has 0 unspecified atom stereocenters. The lowest BCUT2D eigenvalue weighted by atomic mass is 10.3. The maximum atomic E-state index is 12.7. The van der Waals surface area contributed by atoms with E-state index < -0.39 is 0 Å². The van der Waals surface area contributed by atoms with Crippen LogP contribution >= 0.6 is 0 Å². The first kappa shape index (κ1) is 12.5. The van der Waals surface area contributed by atoms with Gasteiger partial charge >= 0.3 is 6.03 Å². The summed E-state index contributed by atoms with van der Waals surface area (Å²) in [4.78, 5) is 13.1. The number of urea groups is 1. The number of benzene rings is 1. The zero-order valence-electron chi connectivity index (χ0n) is 9.66. The van der Waals surface area contributed by atoms with E-state index in [-0.39, 0.29) is 11.8 Å². The highest BCUT2D eigenvalue weighted by Crippen LogP contribution is 2.12. The van der Waals surface area contributed by atoms with Crippen LogP contribution in [0.25, 0.3) is 0 Å². The van der Waals surface area contributed by atoms with Crippen LogP contribution < -0.4 is 10.2 Å². The topological polar surface area (TPSA) is 32.3 Å². The first-order valence-corrected chi connectivity index (χ1v) is 5.42. The Bertz CT molecular complexity index is 337. The molecular weight excluding hydrogens is 207 g/mol. The second-order valence-corrected chi connectivity index (χ2v) is 3.62. The van der Waals surface area contributed by atoms with Crippen molar-refractivity contribution in [3.8, 4) is 0 Å². The van der Waals surface area contributed by atoms with Gasteiger partial charge in [0.15, 0.2) is 0 Å². The monoisotopic (exact) mass is 224 g/mol. The zero-order valence-corrected chi connectivity index (χ0v) is 9.66. The summed E-state index contributed by atoms with van der Waals surface area (Å²) in [5.74, 6) is -0.302. The molecule has 0 saturated heterocycles. The lowest BCUT2D eigenvalue weighted by Crippen LogP contribution is -2.37. The smallest absolute Gasteiger partial charge is 0.321 e. The van der Waals surface area contributed by atoms with Gasteiger partial charge in [0.05, 0.1) is 0 Å². The molecule has 0 radical (unpaired) electrons. The van der Waals surface area contributed by atoms with Crippen molar-refractivity contribution >= 4 is 11.7 Å². The average Bonchev–Trinajstić information content (AvgIpc) is 2.29. The fraction of sp³-hybridized carbons (Fsp3) is 0.417. The van der Waals surface area contributed by atoms with E-state index in [4.69, 9.17) is 0 Å². The molecule has 1 aromatic carbocycles. The van der Waals surface area contributed by atoms with Gasteiger partial charge in [0.1, 0.15) is 5.82 Å². The van der Waals surface area contributed by atoms with Gasteiger partial charge in [-0.1, -0.05) is 13.3 Å². The average molecular weight is 224 g/mol. The molecule has 1 aromatic rings. The van der Waals surface area contributed by atoms with Crippen LogP contribution in [-0.2, 0) is 0 Å². The zero-order chi connectivity index (χ0) is 12.0. The van der Waals surface area contributed by atoms with Gasteiger partial charge in [-0.05, 0) is 30.7 Å². The van der Waals surface area contributed by atoms with Gasteiger partial charge in [-0.3, -0.25) is 4.90 Å². The highest BCUT2D eigenvalue weighted by atomic mass is 19.1. The molecule has 0 fully saturated rings. The Balaban J connectivity index is 2.53. The Labute approximate surface area is 95.3 Å². The minimum atomic E-state index is -0.302. The first-order chi connectivity index (χ1) is 7.65. The van der Waals surface area contributed by atoms with Crippen LogP contribution in [0.2, 0.25) is 0 Å². The summed E-state index contributed by atoms with van der Waals surface area (Å²) >= 11 is 0. The first-order valence-electron chi connectivity index (χ1n) is 5.42. The molecule has 0 aliphatic rings. The minimum Gasteiger partial charge on any atom is -0.338 e. The summed E-state index contributed by atoms with van der Waals surface area (Å²) < 4.78 is 12.7. The van der Waals surface area contributed by atoms with E-state index in [9.17, 15) is 9.18 Å². The summed E-state index contributed by atoms with van der Waals surface area (Å²) in [6, 6.07) is 5.67. The van der Waals surface area contributed by atoms with Crippen LogP contribution in [0.15, 0.2) is 24.3 Å². The predicted octanol–water partition coefficient (Wildman–Crippen LogP) is 2.77. The van der Waals surface area contributed by atoms with E-state index in [1.165, 1.54) is 17.0 Å². The number of unbranched alkanes of at least 4 members (excludes halogenated alkanes) is 1. The number of carbonyl (C=O) groups excluding carboxylic acids is 1. The molecule has 0 aliphatic heterocycles. The lowest BCUT2D eigenvalue weighted by molar-refractivity contribution is 0.247. The van der Waals surface area contributed by atoms with Crippen molar-refractivity contribution in [1.82, 2.24) is 5.32 Å². The fourth-order valence-electron chi connectivity index (χ4n) is 1.27. The van der Waals surface area contributed by atoms with E-state index in [1.807, 2.05) is 0 Å². The Morgan fingerprint density at radius 1 is 1.38 bits per heavy atom. The number of nitrogens with one attached hydrogen (secondary N) is 1. The number of nitrogens with zero attached hydrogens (tertiary/aromatic N) is 1. The number of hydrogen-bond acceptors (Lipinski definition) is 1. The van der Waals surface area contributed by atoms with E-state index in [0.29, 0.717) is 12.2 Å². The van der Waals surface area contributed by atoms with Crippen LogP contribution in [0.1, 0.15) is 19.8 Å². The molecule has 0 aliphatic carbocycles. The van der Waals surface area contributed by atoms with Crippen molar-refractivity contribution in [3.63, 3.8) is 0 Å². The minimum absolute atomic E-state index is 0.167. The third kappa shape index (κ3) is 3.53. The lowest BCUT2D eigenvalue weighted by Gasteiger charge is -2.17. The molecule has 0 aromatic heterocycles. The molecule has 0 atom stereocenters. The fourth-order valence-corrected chi connectivity index (χ4v) is 1.27. The van der Waals surface area contributed by atoms with E-state index in [0.717, 1.165) is 12.8 Å². The summed E-state index contributed by atoms with van der Waals surface area (Å²) in [5, 5.41) is 2.79. The van der Waals surface area contributed by atoms with Crippen LogP contribution in [0, 0.1) is 5.82 Å². The molecule has 0 bridgehead atoms. The van der Waals surface area contributed by atoms with Gasteiger partial charge in [-0.2, -0.15) is 0 Å². The summed E-state index contributed by atoms with van der Waals surface area (Å²) in [7, 11) is 1.66. The Hall–Kier alpha value is -1.58. The van der Waals surface area contributed by atoms with Crippen LogP contribution in [0.3, 0.4) is 0 Å². The molecule has 0 heterocycles. The Kier molecular flexibility index (Phi) is 4.76. The highest BCUT2D eigenvalue weighted by Gasteiger charge is 2.09. The van der Waals surface area contributed by atoms with Gasteiger partial charge in [-0.25, -0.2) is 9.18 Å². The second kappa shape index (κ2) is 6.10. The maximum Gasteiger partial charge on any atom is 0.321 e. The number of halogens is 1. The van der Waals surface area contributed by atoms with Gasteiger partial charge in [0.25, 0.3) is 0 Å². The third-order valence-electron chi connectivity index (χ3n) is 2.33. The summed E-state index contributed by atoms with van der Waals surface area (Å²) in [6.07, 6.45) is 2.00. The molecule has 4 heteroatoms. The summed E-state index contributed by atoms with van der Waals surface area (Å²) in [5.41, 5.74) is 0.676. The number of hydrogen-bond donors (Lipinski definition) is 1. The van der Waals surface area contributed by atoms with Crippen LogP contribution in [0.5, 0.6) is 0 Å².